The molecule has 0 aliphatic carbocycles. The van der Waals surface area contributed by atoms with Crippen molar-refractivity contribution in [1.29, 1.82) is 0 Å². The Bertz CT molecular complexity index is 269. The van der Waals surface area contributed by atoms with E-state index in [9.17, 15) is 0 Å². The minimum atomic E-state index is 0.577. The predicted molar refractivity (Wildman–Crippen MR) is 113 cm³/mol. The molecule has 0 spiro atoms. The maximum atomic E-state index is 2.57. The summed E-state index contributed by atoms with van der Waals surface area (Å²) < 4.78 is 0. The molecule has 0 saturated heterocycles. The summed E-state index contributed by atoms with van der Waals surface area (Å²) in [6.07, 6.45) is 18.4. The molecule has 0 aromatic carbocycles. The maximum Gasteiger partial charge on any atom is -0.0326 e. The van der Waals surface area contributed by atoms with Gasteiger partial charge in [-0.05, 0) is 42.4 Å². The summed E-state index contributed by atoms with van der Waals surface area (Å²) in [5.74, 6) is 2.84. The van der Waals surface area contributed by atoms with Gasteiger partial charge in [-0.15, -0.1) is 0 Å². The van der Waals surface area contributed by atoms with Crippen LogP contribution in [0, 0.1) is 23.2 Å². The van der Waals surface area contributed by atoms with E-state index < -0.39 is 0 Å². The van der Waals surface area contributed by atoms with E-state index in [-0.39, 0.29) is 0 Å². The first kappa shape index (κ1) is 24.0. The van der Waals surface area contributed by atoms with Crippen LogP contribution >= 0.6 is 0 Å². The van der Waals surface area contributed by atoms with Crippen molar-refractivity contribution in [1.82, 2.24) is 0 Å². The first-order chi connectivity index (χ1) is 11.4. The monoisotopic (exact) mass is 338 g/mol. The quantitative estimate of drug-likeness (QED) is 0.263. The van der Waals surface area contributed by atoms with Gasteiger partial charge in [-0.1, -0.05) is 113 Å². The van der Waals surface area contributed by atoms with Crippen molar-refractivity contribution in [2.75, 3.05) is 0 Å². The molecule has 0 aromatic heterocycles. The van der Waals surface area contributed by atoms with E-state index in [1.807, 2.05) is 0 Å². The van der Waals surface area contributed by atoms with Crippen LogP contribution in [-0.2, 0) is 0 Å². The molecule has 4 unspecified atom stereocenters. The van der Waals surface area contributed by atoms with Crippen molar-refractivity contribution in [3.63, 3.8) is 0 Å². The van der Waals surface area contributed by atoms with Crippen molar-refractivity contribution in [3.8, 4) is 0 Å². The summed E-state index contributed by atoms with van der Waals surface area (Å²) in [6.45, 7) is 17.0. The minimum absolute atomic E-state index is 0.577. The van der Waals surface area contributed by atoms with Crippen molar-refractivity contribution in [2.24, 2.45) is 23.2 Å². The van der Waals surface area contributed by atoms with E-state index in [1.54, 1.807) is 0 Å². The summed E-state index contributed by atoms with van der Waals surface area (Å²) in [5.41, 5.74) is 0.577. The van der Waals surface area contributed by atoms with Crippen LogP contribution in [0.5, 0.6) is 0 Å². The Balaban J connectivity index is 4.37. The fraction of sp³-hybridized carbons (Fsp3) is 1.00. The Kier molecular flexibility index (Phi) is 14.2. The maximum absolute atomic E-state index is 2.57. The fourth-order valence-electron chi connectivity index (χ4n) is 4.33. The van der Waals surface area contributed by atoms with Gasteiger partial charge in [0.15, 0.2) is 0 Å². The average molecular weight is 339 g/mol. The molecule has 0 aliphatic heterocycles. The van der Waals surface area contributed by atoms with Gasteiger partial charge in [0.25, 0.3) is 0 Å². The molecular formula is C24H50. The zero-order valence-electron chi connectivity index (χ0n) is 18.4. The molecule has 0 fully saturated rings. The molecule has 0 rings (SSSR count). The van der Waals surface area contributed by atoms with Crippen LogP contribution in [0.4, 0.5) is 0 Å². The van der Waals surface area contributed by atoms with Gasteiger partial charge < -0.3 is 0 Å². The molecule has 0 amide bonds. The smallest absolute Gasteiger partial charge is 0.0326 e. The summed E-state index contributed by atoms with van der Waals surface area (Å²) >= 11 is 0. The molecule has 0 heteroatoms. The van der Waals surface area contributed by atoms with E-state index in [0.29, 0.717) is 5.41 Å². The third-order valence-electron chi connectivity index (χ3n) is 6.70. The van der Waals surface area contributed by atoms with Gasteiger partial charge in [-0.3, -0.25) is 0 Å². The molecule has 0 heterocycles. The highest BCUT2D eigenvalue weighted by Crippen LogP contribution is 2.39. The Labute approximate surface area is 155 Å². The summed E-state index contributed by atoms with van der Waals surface area (Å²) in [7, 11) is 0. The van der Waals surface area contributed by atoms with Crippen molar-refractivity contribution >= 4 is 0 Å². The van der Waals surface area contributed by atoms with E-state index in [0.717, 1.165) is 17.8 Å². The van der Waals surface area contributed by atoms with E-state index in [1.165, 1.54) is 83.5 Å². The molecule has 146 valence electrons. The second kappa shape index (κ2) is 14.2. The van der Waals surface area contributed by atoms with Crippen molar-refractivity contribution in [3.05, 3.63) is 0 Å². The van der Waals surface area contributed by atoms with Crippen LogP contribution < -0.4 is 0 Å². The zero-order valence-corrected chi connectivity index (χ0v) is 18.4. The van der Waals surface area contributed by atoms with Crippen molar-refractivity contribution < 1.29 is 0 Å². The van der Waals surface area contributed by atoms with E-state index in [4.69, 9.17) is 0 Å². The Hall–Kier alpha value is 0. The Morgan fingerprint density at radius 2 is 1.29 bits per heavy atom. The molecule has 0 aromatic rings. The van der Waals surface area contributed by atoms with Gasteiger partial charge >= 0.3 is 0 Å². The molecule has 4 atom stereocenters. The number of unbranched alkanes of at least 4 members (excludes halogenated alkanes) is 2. The molecular weight excluding hydrogens is 288 g/mol. The number of hydrogen-bond acceptors (Lipinski definition) is 0. The third-order valence-corrected chi connectivity index (χ3v) is 6.70. The van der Waals surface area contributed by atoms with Gasteiger partial charge in [0.05, 0.1) is 0 Å². The van der Waals surface area contributed by atoms with Gasteiger partial charge in [-0.25, -0.2) is 0 Å². The molecule has 0 N–H and O–H groups in total. The average Bonchev–Trinajstić information content (AvgIpc) is 2.60. The number of hydrogen-bond donors (Lipinski definition) is 0. The molecule has 0 saturated carbocycles. The SMILES string of the molecule is CCCCC(CC)CC(C)CCC(C)(CC)CC(CC)CCCC. The van der Waals surface area contributed by atoms with Crippen LogP contribution in [0.15, 0.2) is 0 Å². The Morgan fingerprint density at radius 1 is 0.750 bits per heavy atom. The lowest BCUT2D eigenvalue weighted by Gasteiger charge is -2.34. The lowest BCUT2D eigenvalue weighted by atomic mass is 9.72. The lowest BCUT2D eigenvalue weighted by molar-refractivity contribution is 0.180. The fourth-order valence-corrected chi connectivity index (χ4v) is 4.33. The molecule has 0 bridgehead atoms. The summed E-state index contributed by atoms with van der Waals surface area (Å²) in [6, 6.07) is 0. The van der Waals surface area contributed by atoms with E-state index >= 15 is 0 Å². The van der Waals surface area contributed by atoms with E-state index in [2.05, 4.69) is 48.5 Å². The predicted octanol–water partition coefficient (Wildman–Crippen LogP) is 9.03. The normalized spacial score (nSPS) is 18.1. The standard InChI is InChI=1S/C24H50/c1-8-13-15-22(10-3)19-21(6)17-18-24(7,12-5)20-23(11-4)16-14-9-2/h21-23H,8-20H2,1-7H3. The highest BCUT2D eigenvalue weighted by Gasteiger charge is 2.26. The van der Waals surface area contributed by atoms with Crippen LogP contribution in [-0.4, -0.2) is 0 Å². The first-order valence-electron chi connectivity index (χ1n) is 11.4. The molecule has 0 aliphatic rings. The minimum Gasteiger partial charge on any atom is -0.0654 e. The highest BCUT2D eigenvalue weighted by atomic mass is 14.3. The zero-order chi connectivity index (χ0) is 18.4. The second-order valence-electron chi connectivity index (χ2n) is 9.08. The topological polar surface area (TPSA) is 0 Å². The Morgan fingerprint density at radius 3 is 1.75 bits per heavy atom. The molecule has 0 radical (unpaired) electrons. The lowest BCUT2D eigenvalue weighted by Crippen LogP contribution is -2.21. The third kappa shape index (κ3) is 10.8. The van der Waals surface area contributed by atoms with Gasteiger partial charge in [-0.2, -0.15) is 0 Å². The first-order valence-corrected chi connectivity index (χ1v) is 11.4. The highest BCUT2D eigenvalue weighted by molar-refractivity contribution is 4.78. The summed E-state index contributed by atoms with van der Waals surface area (Å²) in [4.78, 5) is 0. The second-order valence-corrected chi connectivity index (χ2v) is 9.08. The van der Waals surface area contributed by atoms with Crippen LogP contribution in [0.25, 0.3) is 0 Å². The molecule has 24 heavy (non-hydrogen) atoms. The van der Waals surface area contributed by atoms with Gasteiger partial charge in [0.2, 0.25) is 0 Å². The largest absolute Gasteiger partial charge is 0.0654 e. The van der Waals surface area contributed by atoms with Crippen LogP contribution in [0.2, 0.25) is 0 Å². The van der Waals surface area contributed by atoms with Gasteiger partial charge in [0, 0.05) is 0 Å². The summed E-state index contributed by atoms with van der Waals surface area (Å²) in [5, 5.41) is 0. The van der Waals surface area contributed by atoms with Gasteiger partial charge in [0.1, 0.15) is 0 Å². The number of rotatable bonds is 16. The molecule has 0 nitrogen and oxygen atoms in total. The van der Waals surface area contributed by atoms with Crippen LogP contribution in [0.1, 0.15) is 132 Å². The van der Waals surface area contributed by atoms with Crippen molar-refractivity contribution in [2.45, 2.75) is 132 Å². The van der Waals surface area contributed by atoms with Crippen LogP contribution in [0.3, 0.4) is 0 Å².